The molecule has 6 aromatic rings. The van der Waals surface area contributed by atoms with Crippen LogP contribution < -0.4 is 14.2 Å². The van der Waals surface area contributed by atoms with Crippen molar-refractivity contribution in [2.75, 3.05) is 19.8 Å². The first-order chi connectivity index (χ1) is 24.0. The SMILES string of the molecule is O=S(=O)(N[C@@H](CO)Cc1c[nH]c2ccccc12)c1cc(-c2cnc3ccccc3c2)cc2c1OCC2.O=S(=O)(O)c1cc(Br)cc2c1OCC2. The van der Waals surface area contributed by atoms with E-state index >= 15 is 0 Å². The Bertz CT molecular complexity index is 2470. The number of hydrogen-bond donors (Lipinski definition) is 4. The van der Waals surface area contributed by atoms with Crippen LogP contribution in [0.4, 0.5) is 0 Å². The van der Waals surface area contributed by atoms with E-state index in [0.717, 1.165) is 49.6 Å². The Labute approximate surface area is 297 Å². The summed E-state index contributed by atoms with van der Waals surface area (Å²) in [6.45, 7) is 0.542. The third-order valence-corrected chi connectivity index (χ3v) is 11.5. The minimum atomic E-state index is -4.21. The van der Waals surface area contributed by atoms with Crippen LogP contribution in [0.3, 0.4) is 0 Å². The Morgan fingerprint density at radius 3 is 2.32 bits per heavy atom. The Morgan fingerprint density at radius 2 is 1.56 bits per heavy atom. The van der Waals surface area contributed by atoms with Crippen molar-refractivity contribution in [2.24, 2.45) is 0 Å². The summed E-state index contributed by atoms with van der Waals surface area (Å²) in [7, 11) is -8.20. The van der Waals surface area contributed by atoms with Gasteiger partial charge in [0.25, 0.3) is 10.1 Å². The van der Waals surface area contributed by atoms with Crippen LogP contribution >= 0.6 is 15.9 Å². The smallest absolute Gasteiger partial charge is 0.298 e. The average molecular weight is 779 g/mol. The van der Waals surface area contributed by atoms with Gasteiger partial charge in [0.1, 0.15) is 21.3 Å². The molecule has 0 radical (unpaired) electrons. The summed E-state index contributed by atoms with van der Waals surface area (Å²) in [4.78, 5) is 7.65. The van der Waals surface area contributed by atoms with E-state index in [4.69, 9.17) is 14.0 Å². The van der Waals surface area contributed by atoms with E-state index in [-0.39, 0.29) is 22.1 Å². The molecular weight excluding hydrogens is 746 g/mol. The van der Waals surface area contributed by atoms with Crippen molar-refractivity contribution in [1.29, 1.82) is 0 Å². The lowest BCUT2D eigenvalue weighted by Gasteiger charge is -2.18. The van der Waals surface area contributed by atoms with E-state index < -0.39 is 26.2 Å². The zero-order chi connectivity index (χ0) is 35.0. The molecule has 4 N–H and O–H groups in total. The number of aliphatic hydroxyl groups excluding tert-OH is 1. The molecule has 0 unspecified atom stereocenters. The number of ether oxygens (including phenoxy) is 2. The molecule has 0 saturated carbocycles. The van der Waals surface area contributed by atoms with Crippen LogP contribution in [0.25, 0.3) is 32.9 Å². The quantitative estimate of drug-likeness (QED) is 0.139. The van der Waals surface area contributed by atoms with Crippen LogP contribution in [0.5, 0.6) is 11.5 Å². The summed E-state index contributed by atoms with van der Waals surface area (Å²) in [5.41, 5.74) is 6.01. The molecule has 8 rings (SSSR count). The summed E-state index contributed by atoms with van der Waals surface area (Å²) in [5.74, 6) is 0.652. The van der Waals surface area contributed by atoms with Crippen molar-refractivity contribution in [2.45, 2.75) is 35.1 Å². The highest BCUT2D eigenvalue weighted by Gasteiger charge is 2.29. The Kier molecular flexibility index (Phi) is 9.41. The summed E-state index contributed by atoms with van der Waals surface area (Å²) in [5, 5.41) is 12.0. The number of rotatable bonds is 8. The molecule has 0 amide bonds. The first-order valence-electron chi connectivity index (χ1n) is 15.8. The fourth-order valence-electron chi connectivity index (χ4n) is 6.29. The molecule has 2 aromatic heterocycles. The number of H-pyrrole nitrogens is 1. The van der Waals surface area contributed by atoms with Gasteiger partial charge in [0.2, 0.25) is 10.0 Å². The number of nitrogens with zero attached hydrogens (tertiary/aromatic N) is 1. The highest BCUT2D eigenvalue weighted by molar-refractivity contribution is 9.10. The Morgan fingerprint density at radius 1 is 0.860 bits per heavy atom. The zero-order valence-corrected chi connectivity index (χ0v) is 29.7. The molecule has 0 fully saturated rings. The van der Waals surface area contributed by atoms with Crippen LogP contribution in [0.15, 0.2) is 106 Å². The minimum Gasteiger partial charge on any atom is -0.492 e. The summed E-state index contributed by atoms with van der Waals surface area (Å²) in [6.07, 6.45) is 5.26. The topological polar surface area (TPSA) is 168 Å². The second kappa shape index (κ2) is 13.8. The van der Waals surface area contributed by atoms with Crippen molar-refractivity contribution in [1.82, 2.24) is 14.7 Å². The normalized spacial score (nSPS) is 14.4. The Balaban J connectivity index is 0.000000234. The molecule has 4 heterocycles. The molecule has 2 aliphatic heterocycles. The van der Waals surface area contributed by atoms with Gasteiger partial charge in [0.05, 0.1) is 25.3 Å². The lowest BCUT2D eigenvalue weighted by atomic mass is 10.0. The highest BCUT2D eigenvalue weighted by atomic mass is 79.9. The number of hydrogen-bond acceptors (Lipinski definition) is 8. The maximum absolute atomic E-state index is 13.6. The number of para-hydroxylation sites is 2. The maximum atomic E-state index is 13.6. The molecule has 0 aliphatic carbocycles. The number of sulfonamides is 1. The summed E-state index contributed by atoms with van der Waals surface area (Å²) in [6, 6.07) is 23.7. The fraction of sp³-hybridized carbons (Fsp3) is 0.194. The predicted molar refractivity (Wildman–Crippen MR) is 193 cm³/mol. The first-order valence-corrected chi connectivity index (χ1v) is 19.5. The molecule has 1 atom stereocenters. The van der Waals surface area contributed by atoms with E-state index in [1.54, 1.807) is 18.3 Å². The van der Waals surface area contributed by atoms with Gasteiger partial charge in [-0.25, -0.2) is 13.1 Å². The van der Waals surface area contributed by atoms with Crippen LogP contribution in [0, 0.1) is 0 Å². The molecule has 2 aliphatic rings. The highest BCUT2D eigenvalue weighted by Crippen LogP contribution is 2.38. The van der Waals surface area contributed by atoms with Crippen LogP contribution in [0.1, 0.15) is 16.7 Å². The van der Waals surface area contributed by atoms with Gasteiger partial charge in [-0.2, -0.15) is 8.42 Å². The first kappa shape index (κ1) is 34.2. The zero-order valence-electron chi connectivity index (χ0n) is 26.5. The molecule has 14 heteroatoms. The van der Waals surface area contributed by atoms with Gasteiger partial charge in [-0.1, -0.05) is 52.3 Å². The lowest BCUT2D eigenvalue weighted by molar-refractivity contribution is 0.256. The van der Waals surface area contributed by atoms with Gasteiger partial charge in [-0.15, -0.1) is 0 Å². The number of aromatic nitrogens is 2. The van der Waals surface area contributed by atoms with Crippen molar-refractivity contribution < 1.29 is 36.0 Å². The van der Waals surface area contributed by atoms with Gasteiger partial charge in [-0.05, 0) is 65.6 Å². The number of aromatic amines is 1. The molecule has 4 aromatic carbocycles. The Hall–Kier alpha value is -4.31. The summed E-state index contributed by atoms with van der Waals surface area (Å²) < 4.78 is 72.4. The molecule has 258 valence electrons. The van der Waals surface area contributed by atoms with E-state index in [0.29, 0.717) is 42.7 Å². The van der Waals surface area contributed by atoms with Gasteiger partial charge in [0.15, 0.2) is 0 Å². The van der Waals surface area contributed by atoms with E-state index in [1.807, 2.05) is 66.9 Å². The minimum absolute atomic E-state index is 0.0815. The van der Waals surface area contributed by atoms with Crippen molar-refractivity contribution in [3.8, 4) is 22.6 Å². The van der Waals surface area contributed by atoms with E-state index in [1.165, 1.54) is 6.07 Å². The van der Waals surface area contributed by atoms with E-state index in [9.17, 15) is 21.9 Å². The predicted octanol–water partition coefficient (Wildman–Crippen LogP) is 5.83. The monoisotopic (exact) mass is 777 g/mol. The maximum Gasteiger partial charge on any atom is 0.298 e. The van der Waals surface area contributed by atoms with Crippen molar-refractivity contribution >= 4 is 57.9 Å². The third-order valence-electron chi connectivity index (χ3n) is 8.64. The number of aliphatic hydroxyl groups is 1. The largest absolute Gasteiger partial charge is 0.492 e. The van der Waals surface area contributed by atoms with Gasteiger partial charge >= 0.3 is 0 Å². The molecular formula is C36H32BrN3O8S2. The number of nitrogens with one attached hydrogen (secondary N) is 2. The second-order valence-electron chi connectivity index (χ2n) is 12.0. The number of benzene rings is 4. The van der Waals surface area contributed by atoms with Gasteiger partial charge < -0.3 is 19.6 Å². The molecule has 0 bridgehead atoms. The number of fused-ring (bicyclic) bond motifs is 4. The molecule has 0 spiro atoms. The fourth-order valence-corrected chi connectivity index (χ4v) is 9.08. The van der Waals surface area contributed by atoms with Crippen LogP contribution in [-0.4, -0.2) is 62.3 Å². The molecule has 50 heavy (non-hydrogen) atoms. The average Bonchev–Trinajstić information content (AvgIpc) is 3.87. The lowest BCUT2D eigenvalue weighted by Crippen LogP contribution is -2.39. The second-order valence-corrected chi connectivity index (χ2v) is 16.0. The van der Waals surface area contributed by atoms with Crippen LogP contribution in [0.2, 0.25) is 0 Å². The standard InChI is InChI=1S/C28H25N3O4S.C8H7BrO4S/c32-17-23(13-22-16-30-26-8-4-2-6-24(22)26)31-36(33,34)27-14-20(12-19-9-10-35-28(19)27)21-11-18-5-1-3-7-25(18)29-15-21;9-6-3-5-1-2-13-8(5)7(4-6)14(10,11)12/h1-8,11-12,14-16,23,30-32H,9-10,13,17H2;3-4H,1-2H2,(H,10,11,12)/t23-;/m1./s1. The van der Waals surface area contributed by atoms with Crippen LogP contribution in [-0.2, 0) is 39.4 Å². The van der Waals surface area contributed by atoms with Gasteiger partial charge in [-0.3, -0.25) is 9.54 Å². The number of halogens is 1. The molecule has 0 saturated heterocycles. The van der Waals surface area contributed by atoms with Crippen molar-refractivity contribution in [3.05, 3.63) is 112 Å². The summed E-state index contributed by atoms with van der Waals surface area (Å²) >= 11 is 3.18. The van der Waals surface area contributed by atoms with Crippen molar-refractivity contribution in [3.63, 3.8) is 0 Å². The third kappa shape index (κ3) is 6.99. The van der Waals surface area contributed by atoms with Gasteiger partial charge in [0, 0.05) is 63.2 Å². The van der Waals surface area contributed by atoms with E-state index in [2.05, 4.69) is 30.6 Å². The molecule has 11 nitrogen and oxygen atoms in total. The number of pyridine rings is 1.